The molecule has 0 unspecified atom stereocenters. The van der Waals surface area contributed by atoms with Crippen LogP contribution in [0.4, 0.5) is 0 Å². The highest BCUT2D eigenvalue weighted by Crippen LogP contribution is 2.12. The molecule has 0 fully saturated rings. The summed E-state index contributed by atoms with van der Waals surface area (Å²) in [5.41, 5.74) is 0.993. The molecule has 1 aromatic carbocycles. The third kappa shape index (κ3) is 3.59. The van der Waals surface area contributed by atoms with Gasteiger partial charge < -0.3 is 4.18 Å². The molecular formula is C12H14O3S. The molecular weight excluding hydrogens is 224 g/mol. The van der Waals surface area contributed by atoms with Crippen LogP contribution in [0, 0.1) is 24.9 Å². The predicted molar refractivity (Wildman–Crippen MR) is 62.1 cm³/mol. The summed E-state index contributed by atoms with van der Waals surface area (Å²) in [7, 11) is -3.75. The number of rotatable bonds is 2. The van der Waals surface area contributed by atoms with E-state index in [0.29, 0.717) is 0 Å². The summed E-state index contributed by atoms with van der Waals surface area (Å²) in [6.45, 7) is 5.60. The molecule has 0 aromatic heterocycles. The molecule has 0 heterocycles. The van der Waals surface area contributed by atoms with Gasteiger partial charge in [-0.15, -0.1) is 0 Å². The van der Waals surface area contributed by atoms with Crippen LogP contribution in [0.5, 0.6) is 0 Å². The van der Waals surface area contributed by atoms with Gasteiger partial charge in [-0.2, -0.15) is 8.42 Å². The number of aryl methyl sites for hydroxylation is 1. The molecule has 0 aliphatic rings. The third-order valence-electron chi connectivity index (χ3n) is 1.81. The monoisotopic (exact) mass is 238 g/mol. The fourth-order valence-corrected chi connectivity index (χ4v) is 1.67. The molecule has 16 heavy (non-hydrogen) atoms. The maximum Gasteiger partial charge on any atom is 0.347 e. The van der Waals surface area contributed by atoms with Gasteiger partial charge in [0, 0.05) is 5.92 Å². The summed E-state index contributed by atoms with van der Waals surface area (Å²) < 4.78 is 27.8. The Labute approximate surface area is 96.6 Å². The van der Waals surface area contributed by atoms with E-state index in [0.717, 1.165) is 5.56 Å². The molecule has 4 heteroatoms. The van der Waals surface area contributed by atoms with Gasteiger partial charge in [-0.1, -0.05) is 37.5 Å². The second kappa shape index (κ2) is 5.04. The Morgan fingerprint density at radius 2 is 1.75 bits per heavy atom. The molecule has 86 valence electrons. The molecule has 0 atom stereocenters. The van der Waals surface area contributed by atoms with E-state index >= 15 is 0 Å². The van der Waals surface area contributed by atoms with Gasteiger partial charge in [0.15, 0.2) is 0 Å². The SMILES string of the molecule is Cc1ccc(S(=O)(=O)OC#CC(C)C)cc1. The van der Waals surface area contributed by atoms with Crippen LogP contribution in [0.15, 0.2) is 29.2 Å². The Morgan fingerprint density at radius 1 is 1.19 bits per heavy atom. The highest BCUT2D eigenvalue weighted by molar-refractivity contribution is 7.86. The van der Waals surface area contributed by atoms with Crippen LogP contribution in [0.3, 0.4) is 0 Å². The molecule has 0 aliphatic carbocycles. The van der Waals surface area contributed by atoms with Crippen molar-refractivity contribution in [2.24, 2.45) is 5.92 Å². The Hall–Kier alpha value is -1.47. The zero-order valence-corrected chi connectivity index (χ0v) is 10.3. The van der Waals surface area contributed by atoms with Crippen LogP contribution < -0.4 is 0 Å². The summed E-state index contributed by atoms with van der Waals surface area (Å²) in [6.07, 6.45) is 2.20. The lowest BCUT2D eigenvalue weighted by molar-refractivity contribution is 0.464. The third-order valence-corrected chi connectivity index (χ3v) is 2.96. The molecule has 0 spiro atoms. The zero-order valence-electron chi connectivity index (χ0n) is 9.52. The van der Waals surface area contributed by atoms with Crippen molar-refractivity contribution >= 4 is 10.1 Å². The van der Waals surface area contributed by atoms with Gasteiger partial charge in [-0.05, 0) is 19.1 Å². The van der Waals surface area contributed by atoms with E-state index < -0.39 is 10.1 Å². The lowest BCUT2D eigenvalue weighted by Gasteiger charge is -2.00. The van der Waals surface area contributed by atoms with Crippen molar-refractivity contribution in [1.29, 1.82) is 0 Å². The first-order valence-corrected chi connectivity index (χ1v) is 6.33. The van der Waals surface area contributed by atoms with Crippen molar-refractivity contribution in [1.82, 2.24) is 0 Å². The van der Waals surface area contributed by atoms with Gasteiger partial charge in [-0.3, -0.25) is 0 Å². The van der Waals surface area contributed by atoms with Crippen LogP contribution >= 0.6 is 0 Å². The van der Waals surface area contributed by atoms with Crippen molar-refractivity contribution in [3.05, 3.63) is 29.8 Å². The van der Waals surface area contributed by atoms with Gasteiger partial charge in [0.25, 0.3) is 0 Å². The number of hydrogen-bond acceptors (Lipinski definition) is 3. The van der Waals surface area contributed by atoms with Crippen LogP contribution in [0.2, 0.25) is 0 Å². The van der Waals surface area contributed by atoms with Crippen LogP contribution in [-0.2, 0) is 14.3 Å². The fraction of sp³-hybridized carbons (Fsp3) is 0.333. The smallest absolute Gasteiger partial charge is 0.324 e. The number of benzene rings is 1. The molecule has 0 bridgehead atoms. The largest absolute Gasteiger partial charge is 0.347 e. The van der Waals surface area contributed by atoms with Crippen molar-refractivity contribution < 1.29 is 12.6 Å². The fourth-order valence-electron chi connectivity index (χ4n) is 0.950. The second-order valence-corrected chi connectivity index (χ2v) is 5.30. The molecule has 3 nitrogen and oxygen atoms in total. The summed E-state index contributed by atoms with van der Waals surface area (Å²) in [4.78, 5) is 0.121. The normalized spacial score (nSPS) is 10.8. The molecule has 0 radical (unpaired) electrons. The quantitative estimate of drug-likeness (QED) is 0.586. The summed E-state index contributed by atoms with van der Waals surface area (Å²) in [6, 6.07) is 6.43. The molecule has 0 amide bonds. The van der Waals surface area contributed by atoms with E-state index in [2.05, 4.69) is 16.2 Å². The molecule has 0 aliphatic heterocycles. The number of hydrogen-bond donors (Lipinski definition) is 0. The first-order valence-electron chi connectivity index (χ1n) is 4.92. The zero-order chi connectivity index (χ0) is 12.2. The topological polar surface area (TPSA) is 43.4 Å². The Kier molecular flexibility index (Phi) is 3.97. The highest BCUT2D eigenvalue weighted by Gasteiger charge is 2.13. The van der Waals surface area contributed by atoms with Gasteiger partial charge in [0.05, 0.1) is 0 Å². The first-order chi connectivity index (χ1) is 7.42. The maximum atomic E-state index is 11.6. The van der Waals surface area contributed by atoms with Gasteiger partial charge >= 0.3 is 10.1 Å². The summed E-state index contributed by atoms with van der Waals surface area (Å²) in [5.74, 6) is 2.71. The average molecular weight is 238 g/mol. The van der Waals surface area contributed by atoms with Crippen LogP contribution in [0.25, 0.3) is 0 Å². The average Bonchev–Trinajstić information content (AvgIpc) is 2.17. The Morgan fingerprint density at radius 3 is 2.25 bits per heavy atom. The van der Waals surface area contributed by atoms with Gasteiger partial charge in [0.1, 0.15) is 11.0 Å². The predicted octanol–water partition coefficient (Wildman–Crippen LogP) is 2.32. The second-order valence-electron chi connectivity index (χ2n) is 3.75. The summed E-state index contributed by atoms with van der Waals surface area (Å²) in [5, 5.41) is 0. The Bertz CT molecular complexity index is 501. The minimum absolute atomic E-state index is 0.0771. The molecule has 0 saturated heterocycles. The van der Waals surface area contributed by atoms with E-state index in [-0.39, 0.29) is 10.8 Å². The maximum absolute atomic E-state index is 11.6. The van der Waals surface area contributed by atoms with E-state index in [1.807, 2.05) is 20.8 Å². The van der Waals surface area contributed by atoms with E-state index in [1.165, 1.54) is 12.1 Å². The molecule has 0 saturated carbocycles. The minimum atomic E-state index is -3.75. The lowest BCUT2D eigenvalue weighted by atomic mass is 10.2. The van der Waals surface area contributed by atoms with Crippen molar-refractivity contribution in [2.75, 3.05) is 0 Å². The van der Waals surface area contributed by atoms with Crippen molar-refractivity contribution in [3.63, 3.8) is 0 Å². The summed E-state index contributed by atoms with van der Waals surface area (Å²) >= 11 is 0. The van der Waals surface area contributed by atoms with Crippen molar-refractivity contribution in [3.8, 4) is 12.0 Å². The van der Waals surface area contributed by atoms with E-state index in [1.54, 1.807) is 12.1 Å². The Balaban J connectivity index is 2.88. The van der Waals surface area contributed by atoms with E-state index in [9.17, 15) is 8.42 Å². The molecule has 0 N–H and O–H groups in total. The van der Waals surface area contributed by atoms with Crippen molar-refractivity contribution in [2.45, 2.75) is 25.7 Å². The highest BCUT2D eigenvalue weighted by atomic mass is 32.2. The van der Waals surface area contributed by atoms with Gasteiger partial charge in [0.2, 0.25) is 0 Å². The minimum Gasteiger partial charge on any atom is -0.324 e. The van der Waals surface area contributed by atoms with E-state index in [4.69, 9.17) is 0 Å². The molecule has 1 aromatic rings. The molecule has 1 rings (SSSR count). The standard InChI is InChI=1S/C12H14O3S/c1-10(2)8-9-15-16(13,14)12-6-4-11(3)5-7-12/h4-7,10H,1-3H3. The lowest BCUT2D eigenvalue weighted by Crippen LogP contribution is -2.02. The van der Waals surface area contributed by atoms with Gasteiger partial charge in [-0.25, -0.2) is 0 Å². The first kappa shape index (κ1) is 12.6. The van der Waals surface area contributed by atoms with Crippen LogP contribution in [-0.4, -0.2) is 8.42 Å². The van der Waals surface area contributed by atoms with Crippen LogP contribution in [0.1, 0.15) is 19.4 Å².